The standard InChI is InChI=1S/C9H13F2NO2/c1-12-5-4-7(2-3-8(13)14)9(10,11)6-12/h2-3,7H,4-6H2,1H3,(H,13,14)/b3-2+. The maximum absolute atomic E-state index is 13.3. The van der Waals surface area contributed by atoms with Gasteiger partial charge in [-0.1, -0.05) is 6.08 Å². The number of piperidine rings is 1. The highest BCUT2D eigenvalue weighted by atomic mass is 19.3. The predicted octanol–water partition coefficient (Wildman–Crippen LogP) is 1.21. The third-order valence-electron chi connectivity index (χ3n) is 2.32. The highest BCUT2D eigenvalue weighted by Crippen LogP contribution is 2.33. The van der Waals surface area contributed by atoms with E-state index in [9.17, 15) is 13.6 Å². The van der Waals surface area contributed by atoms with Crippen molar-refractivity contribution < 1.29 is 18.7 Å². The Labute approximate surface area is 81.0 Å². The van der Waals surface area contributed by atoms with Gasteiger partial charge in [-0.3, -0.25) is 0 Å². The third kappa shape index (κ3) is 2.77. The number of aliphatic carboxylic acids is 1. The van der Waals surface area contributed by atoms with Crippen LogP contribution in [0, 0.1) is 5.92 Å². The largest absolute Gasteiger partial charge is 0.478 e. The number of halogens is 2. The molecule has 1 N–H and O–H groups in total. The minimum Gasteiger partial charge on any atom is -0.478 e. The number of alkyl halides is 2. The summed E-state index contributed by atoms with van der Waals surface area (Å²) in [5.74, 6) is -4.95. The Kier molecular flexibility index (Phi) is 3.21. The molecule has 0 saturated carbocycles. The number of nitrogens with zero attached hydrogens (tertiary/aromatic N) is 1. The highest BCUT2D eigenvalue weighted by molar-refractivity contribution is 5.79. The number of rotatable bonds is 2. The van der Waals surface area contributed by atoms with Crippen LogP contribution in [-0.4, -0.2) is 42.0 Å². The molecule has 0 aromatic carbocycles. The summed E-state index contributed by atoms with van der Waals surface area (Å²) in [7, 11) is 1.63. The van der Waals surface area contributed by atoms with Crippen LogP contribution in [0.2, 0.25) is 0 Å². The van der Waals surface area contributed by atoms with Crippen LogP contribution in [0.5, 0.6) is 0 Å². The lowest BCUT2D eigenvalue weighted by molar-refractivity contribution is -0.131. The van der Waals surface area contributed by atoms with Crippen LogP contribution in [0.25, 0.3) is 0 Å². The SMILES string of the molecule is CN1CCC(/C=C/C(=O)O)C(F)(F)C1. The number of carbonyl (C=O) groups is 1. The molecular weight excluding hydrogens is 192 g/mol. The van der Waals surface area contributed by atoms with E-state index in [4.69, 9.17) is 5.11 Å². The van der Waals surface area contributed by atoms with Gasteiger partial charge in [0.15, 0.2) is 0 Å². The summed E-state index contributed by atoms with van der Waals surface area (Å²) in [6.45, 7) is 0.270. The molecule has 1 fully saturated rings. The zero-order valence-corrected chi connectivity index (χ0v) is 7.91. The Hall–Kier alpha value is -0.970. The van der Waals surface area contributed by atoms with E-state index >= 15 is 0 Å². The van der Waals surface area contributed by atoms with E-state index in [1.807, 2.05) is 0 Å². The van der Waals surface area contributed by atoms with E-state index in [1.165, 1.54) is 0 Å². The number of hydrogen-bond donors (Lipinski definition) is 1. The average Bonchev–Trinajstić information content (AvgIpc) is 2.00. The molecule has 0 aliphatic carbocycles. The lowest BCUT2D eigenvalue weighted by atomic mass is 9.93. The lowest BCUT2D eigenvalue weighted by Gasteiger charge is -2.34. The Morgan fingerprint density at radius 3 is 2.79 bits per heavy atom. The van der Waals surface area contributed by atoms with E-state index < -0.39 is 17.8 Å². The molecule has 0 aromatic heterocycles. The Bertz CT molecular complexity index is 253. The second-order valence-corrected chi connectivity index (χ2v) is 3.59. The van der Waals surface area contributed by atoms with Gasteiger partial charge in [-0.05, 0) is 20.0 Å². The van der Waals surface area contributed by atoms with E-state index in [-0.39, 0.29) is 6.54 Å². The van der Waals surface area contributed by atoms with Crippen molar-refractivity contribution in [3.63, 3.8) is 0 Å². The fourth-order valence-electron chi connectivity index (χ4n) is 1.56. The Morgan fingerprint density at radius 2 is 2.29 bits per heavy atom. The quantitative estimate of drug-likeness (QED) is 0.689. The molecular formula is C9H13F2NO2. The van der Waals surface area contributed by atoms with Crippen molar-refractivity contribution in [1.29, 1.82) is 0 Å². The number of hydrogen-bond acceptors (Lipinski definition) is 2. The molecule has 1 rings (SSSR count). The molecule has 5 heteroatoms. The first-order valence-electron chi connectivity index (χ1n) is 4.39. The summed E-state index contributed by atoms with van der Waals surface area (Å²) in [5.41, 5.74) is 0. The summed E-state index contributed by atoms with van der Waals surface area (Å²) < 4.78 is 26.6. The molecule has 0 spiro atoms. The molecule has 14 heavy (non-hydrogen) atoms. The zero-order chi connectivity index (χ0) is 10.8. The molecule has 0 amide bonds. The van der Waals surface area contributed by atoms with Crippen molar-refractivity contribution >= 4 is 5.97 Å². The van der Waals surface area contributed by atoms with Crippen molar-refractivity contribution in [3.8, 4) is 0 Å². The maximum Gasteiger partial charge on any atom is 0.327 e. The van der Waals surface area contributed by atoms with E-state index in [0.29, 0.717) is 13.0 Å². The van der Waals surface area contributed by atoms with Crippen molar-refractivity contribution in [3.05, 3.63) is 12.2 Å². The predicted molar refractivity (Wildman–Crippen MR) is 47.3 cm³/mol. The van der Waals surface area contributed by atoms with Crippen LogP contribution >= 0.6 is 0 Å². The molecule has 1 atom stereocenters. The fourth-order valence-corrected chi connectivity index (χ4v) is 1.56. The second kappa shape index (κ2) is 4.04. The van der Waals surface area contributed by atoms with Crippen LogP contribution < -0.4 is 0 Å². The smallest absolute Gasteiger partial charge is 0.327 e. The molecule has 0 radical (unpaired) electrons. The van der Waals surface area contributed by atoms with Gasteiger partial charge in [0.25, 0.3) is 5.92 Å². The Morgan fingerprint density at radius 1 is 1.64 bits per heavy atom. The Balaban J connectivity index is 2.65. The normalized spacial score (nSPS) is 28.1. The zero-order valence-electron chi connectivity index (χ0n) is 7.91. The second-order valence-electron chi connectivity index (χ2n) is 3.59. The first kappa shape index (κ1) is 11.1. The van der Waals surface area contributed by atoms with Crippen molar-refractivity contribution in [2.24, 2.45) is 5.92 Å². The van der Waals surface area contributed by atoms with Crippen LogP contribution in [0.3, 0.4) is 0 Å². The van der Waals surface area contributed by atoms with Gasteiger partial charge in [0.1, 0.15) is 0 Å². The van der Waals surface area contributed by atoms with Gasteiger partial charge >= 0.3 is 5.97 Å². The van der Waals surface area contributed by atoms with E-state index in [1.54, 1.807) is 11.9 Å². The monoisotopic (exact) mass is 205 g/mol. The molecule has 0 bridgehead atoms. The van der Waals surface area contributed by atoms with Gasteiger partial charge in [-0.15, -0.1) is 0 Å². The number of likely N-dealkylation sites (tertiary alicyclic amines) is 1. The first-order chi connectivity index (χ1) is 6.42. The molecule has 80 valence electrons. The molecule has 1 unspecified atom stereocenters. The summed E-state index contributed by atoms with van der Waals surface area (Å²) >= 11 is 0. The minimum absolute atomic E-state index is 0.299. The van der Waals surface area contributed by atoms with Gasteiger partial charge in [-0.25, -0.2) is 13.6 Å². The van der Waals surface area contributed by atoms with Crippen LogP contribution in [0.15, 0.2) is 12.2 Å². The van der Waals surface area contributed by atoms with Gasteiger partial charge in [0.2, 0.25) is 0 Å². The molecule has 3 nitrogen and oxygen atoms in total. The summed E-state index contributed by atoms with van der Waals surface area (Å²) in [4.78, 5) is 11.7. The minimum atomic E-state index is -2.82. The van der Waals surface area contributed by atoms with Gasteiger partial charge < -0.3 is 10.0 Å². The molecule has 1 aliphatic rings. The van der Waals surface area contributed by atoms with Crippen LogP contribution in [-0.2, 0) is 4.79 Å². The highest BCUT2D eigenvalue weighted by Gasteiger charge is 2.41. The fraction of sp³-hybridized carbons (Fsp3) is 0.667. The first-order valence-corrected chi connectivity index (χ1v) is 4.39. The summed E-state index contributed by atoms with van der Waals surface area (Å²) in [6, 6.07) is 0. The number of carboxylic acids is 1. The van der Waals surface area contributed by atoms with Crippen molar-refractivity contribution in [1.82, 2.24) is 4.90 Å². The van der Waals surface area contributed by atoms with Crippen LogP contribution in [0.4, 0.5) is 8.78 Å². The lowest BCUT2D eigenvalue weighted by Crippen LogP contribution is -2.46. The molecule has 1 heterocycles. The summed E-state index contributed by atoms with van der Waals surface area (Å²) in [5, 5.41) is 8.32. The van der Waals surface area contributed by atoms with Crippen molar-refractivity contribution in [2.45, 2.75) is 12.3 Å². The van der Waals surface area contributed by atoms with Crippen molar-refractivity contribution in [2.75, 3.05) is 20.1 Å². The van der Waals surface area contributed by atoms with E-state index in [2.05, 4.69) is 0 Å². The average molecular weight is 205 g/mol. The topological polar surface area (TPSA) is 40.5 Å². The number of allylic oxidation sites excluding steroid dienone is 1. The maximum atomic E-state index is 13.3. The van der Waals surface area contributed by atoms with Gasteiger partial charge in [-0.2, -0.15) is 0 Å². The third-order valence-corrected chi connectivity index (χ3v) is 2.32. The number of carboxylic acid groups (broad SMARTS) is 1. The summed E-state index contributed by atoms with van der Waals surface area (Å²) in [6.07, 6.45) is 2.19. The van der Waals surface area contributed by atoms with E-state index in [0.717, 1.165) is 12.2 Å². The molecule has 1 saturated heterocycles. The van der Waals surface area contributed by atoms with Gasteiger partial charge in [0.05, 0.1) is 6.54 Å². The molecule has 1 aliphatic heterocycles. The van der Waals surface area contributed by atoms with Gasteiger partial charge in [0, 0.05) is 12.0 Å². The molecule has 0 aromatic rings. The van der Waals surface area contributed by atoms with Crippen LogP contribution in [0.1, 0.15) is 6.42 Å².